The summed E-state index contributed by atoms with van der Waals surface area (Å²) in [4.78, 5) is -0.380. The van der Waals surface area contributed by atoms with Gasteiger partial charge in [0.25, 0.3) is 0 Å². The maximum Gasteiger partial charge on any atom is 0.111 e. The van der Waals surface area contributed by atoms with Gasteiger partial charge in [-0.15, -0.1) is 35.6 Å². The number of hydrogen-bond acceptors (Lipinski definition) is 1. The van der Waals surface area contributed by atoms with Gasteiger partial charge in [-0.3, -0.25) is 0 Å². The minimum atomic E-state index is -0.380. The van der Waals surface area contributed by atoms with Crippen LogP contribution in [0.3, 0.4) is 0 Å². The van der Waals surface area contributed by atoms with E-state index in [0.717, 1.165) is 11.3 Å². The van der Waals surface area contributed by atoms with E-state index in [1.165, 1.54) is 5.56 Å². The van der Waals surface area contributed by atoms with Gasteiger partial charge in [-0.05, 0) is 18.6 Å². The molecule has 0 aliphatic heterocycles. The quantitative estimate of drug-likeness (QED) is 0.623. The molecule has 1 aromatic carbocycles. The van der Waals surface area contributed by atoms with Gasteiger partial charge in [-0.25, -0.2) is 0 Å². The van der Waals surface area contributed by atoms with Crippen LogP contribution in [0.2, 0.25) is 0 Å². The van der Waals surface area contributed by atoms with Crippen LogP contribution in [0.15, 0.2) is 18.2 Å². The smallest absolute Gasteiger partial charge is 0.111 e. The molecule has 0 saturated heterocycles. The summed E-state index contributed by atoms with van der Waals surface area (Å²) >= 11 is 11.3. The number of aryl methyl sites for hydroxylation is 1. The van der Waals surface area contributed by atoms with E-state index in [-0.39, 0.29) is 17.2 Å². The van der Waals surface area contributed by atoms with Crippen molar-refractivity contribution in [2.45, 2.75) is 18.2 Å². The standard InChI is InChI=1S/C9H11Cl2N.ClH/c1-6-2-3-8(12)7(4-6)5-9(10)11;/h2-4,9H,5,12H2,1H3;1H. The van der Waals surface area contributed by atoms with Gasteiger partial charge in [-0.2, -0.15) is 0 Å². The molecule has 0 unspecified atom stereocenters. The molecule has 0 aliphatic rings. The van der Waals surface area contributed by atoms with Crippen molar-refractivity contribution < 1.29 is 0 Å². The molecule has 0 aliphatic carbocycles. The molecule has 0 aromatic heterocycles. The van der Waals surface area contributed by atoms with Crippen LogP contribution >= 0.6 is 35.6 Å². The Morgan fingerprint density at radius 1 is 1.38 bits per heavy atom. The third kappa shape index (κ3) is 4.08. The number of halogens is 3. The summed E-state index contributed by atoms with van der Waals surface area (Å²) < 4.78 is 0. The predicted molar refractivity (Wildman–Crippen MR) is 62.0 cm³/mol. The van der Waals surface area contributed by atoms with Gasteiger partial charge < -0.3 is 5.73 Å². The van der Waals surface area contributed by atoms with E-state index < -0.39 is 0 Å². The summed E-state index contributed by atoms with van der Waals surface area (Å²) in [6.07, 6.45) is 0.608. The molecule has 0 atom stereocenters. The molecule has 0 radical (unpaired) electrons. The Labute approximate surface area is 94.6 Å². The summed E-state index contributed by atoms with van der Waals surface area (Å²) in [6.45, 7) is 2.01. The van der Waals surface area contributed by atoms with Crippen LogP contribution in [0.5, 0.6) is 0 Å². The van der Waals surface area contributed by atoms with E-state index in [9.17, 15) is 0 Å². The van der Waals surface area contributed by atoms with Crippen molar-refractivity contribution in [3.63, 3.8) is 0 Å². The lowest BCUT2D eigenvalue weighted by molar-refractivity contribution is 1.09. The molecule has 0 heterocycles. The first-order chi connectivity index (χ1) is 5.59. The molecule has 1 aromatic rings. The fourth-order valence-electron chi connectivity index (χ4n) is 1.08. The lowest BCUT2D eigenvalue weighted by Gasteiger charge is -2.06. The topological polar surface area (TPSA) is 26.0 Å². The van der Waals surface area contributed by atoms with Gasteiger partial charge >= 0.3 is 0 Å². The molecule has 0 spiro atoms. The Hall–Kier alpha value is -0.110. The van der Waals surface area contributed by atoms with Crippen LogP contribution in [0, 0.1) is 6.92 Å². The highest BCUT2D eigenvalue weighted by Gasteiger charge is 2.04. The summed E-state index contributed by atoms with van der Waals surface area (Å²) in [7, 11) is 0. The number of rotatable bonds is 2. The van der Waals surface area contributed by atoms with Crippen molar-refractivity contribution in [2.75, 3.05) is 5.73 Å². The minimum absolute atomic E-state index is 0. The molecule has 0 fully saturated rings. The van der Waals surface area contributed by atoms with Crippen molar-refractivity contribution in [1.82, 2.24) is 0 Å². The zero-order chi connectivity index (χ0) is 9.14. The Morgan fingerprint density at radius 3 is 2.54 bits per heavy atom. The van der Waals surface area contributed by atoms with E-state index in [1.54, 1.807) is 0 Å². The molecule has 0 amide bonds. The molecule has 0 saturated carbocycles. The number of benzene rings is 1. The third-order valence-electron chi connectivity index (χ3n) is 1.67. The van der Waals surface area contributed by atoms with E-state index in [2.05, 4.69) is 0 Å². The minimum Gasteiger partial charge on any atom is -0.399 e. The highest BCUT2D eigenvalue weighted by molar-refractivity contribution is 6.44. The van der Waals surface area contributed by atoms with Crippen LogP contribution in [0.1, 0.15) is 11.1 Å². The van der Waals surface area contributed by atoms with Crippen molar-refractivity contribution in [2.24, 2.45) is 0 Å². The molecule has 4 heteroatoms. The molecular weight excluding hydrogens is 228 g/mol. The van der Waals surface area contributed by atoms with E-state index >= 15 is 0 Å². The number of alkyl halides is 2. The van der Waals surface area contributed by atoms with E-state index in [1.807, 2.05) is 25.1 Å². The zero-order valence-corrected chi connectivity index (χ0v) is 9.59. The predicted octanol–water partition coefficient (Wildman–Crippen LogP) is 3.35. The van der Waals surface area contributed by atoms with Crippen LogP contribution in [-0.2, 0) is 6.42 Å². The van der Waals surface area contributed by atoms with Crippen molar-refractivity contribution in [3.05, 3.63) is 29.3 Å². The van der Waals surface area contributed by atoms with Gasteiger partial charge in [0.15, 0.2) is 0 Å². The Morgan fingerprint density at radius 2 is 2.00 bits per heavy atom. The second kappa shape index (κ2) is 5.58. The van der Waals surface area contributed by atoms with Gasteiger partial charge in [-0.1, -0.05) is 17.7 Å². The zero-order valence-electron chi connectivity index (χ0n) is 7.26. The monoisotopic (exact) mass is 239 g/mol. The lowest BCUT2D eigenvalue weighted by atomic mass is 10.1. The Balaban J connectivity index is 0.00000144. The van der Waals surface area contributed by atoms with Gasteiger partial charge in [0.2, 0.25) is 0 Å². The number of anilines is 1. The highest BCUT2D eigenvalue weighted by atomic mass is 35.5. The van der Waals surface area contributed by atoms with Gasteiger partial charge in [0, 0.05) is 12.1 Å². The normalized spacial score (nSPS) is 9.85. The molecule has 1 nitrogen and oxygen atoms in total. The average molecular weight is 241 g/mol. The first-order valence-corrected chi connectivity index (χ1v) is 4.60. The molecule has 74 valence electrons. The molecule has 1 rings (SSSR count). The molecule has 0 bridgehead atoms. The summed E-state index contributed by atoms with van der Waals surface area (Å²) in [5.41, 5.74) is 8.67. The summed E-state index contributed by atoms with van der Waals surface area (Å²) in [6, 6.07) is 5.85. The van der Waals surface area contributed by atoms with Crippen LogP contribution < -0.4 is 5.73 Å². The maximum absolute atomic E-state index is 5.72. The summed E-state index contributed by atoms with van der Waals surface area (Å²) in [5, 5.41) is 0. The fourth-order valence-corrected chi connectivity index (χ4v) is 1.41. The number of hydrogen-bond donors (Lipinski definition) is 1. The van der Waals surface area contributed by atoms with Crippen LogP contribution in [0.25, 0.3) is 0 Å². The summed E-state index contributed by atoms with van der Waals surface area (Å²) in [5.74, 6) is 0. The molecule has 13 heavy (non-hydrogen) atoms. The van der Waals surface area contributed by atoms with E-state index in [4.69, 9.17) is 28.9 Å². The van der Waals surface area contributed by atoms with Gasteiger partial charge in [0.1, 0.15) is 4.84 Å². The van der Waals surface area contributed by atoms with Crippen molar-refractivity contribution in [3.8, 4) is 0 Å². The maximum atomic E-state index is 5.72. The average Bonchev–Trinajstić information content (AvgIpc) is 1.96. The highest BCUT2D eigenvalue weighted by Crippen LogP contribution is 2.18. The van der Waals surface area contributed by atoms with Crippen molar-refractivity contribution in [1.29, 1.82) is 0 Å². The van der Waals surface area contributed by atoms with E-state index in [0.29, 0.717) is 6.42 Å². The first-order valence-electron chi connectivity index (χ1n) is 3.72. The lowest BCUT2D eigenvalue weighted by Crippen LogP contribution is -1.99. The Kier molecular flexibility index (Phi) is 5.54. The first kappa shape index (κ1) is 12.9. The van der Waals surface area contributed by atoms with Gasteiger partial charge in [0.05, 0.1) is 0 Å². The molecule has 2 N–H and O–H groups in total. The Bertz CT molecular complexity index is 274. The number of nitrogens with two attached hydrogens (primary N) is 1. The number of nitrogen functional groups attached to an aromatic ring is 1. The largest absolute Gasteiger partial charge is 0.399 e. The molecular formula is C9H12Cl3N. The van der Waals surface area contributed by atoms with Crippen LogP contribution in [0.4, 0.5) is 5.69 Å². The SMILES string of the molecule is Cc1ccc(N)c(CC(Cl)Cl)c1.Cl. The second-order valence-electron chi connectivity index (χ2n) is 2.80. The van der Waals surface area contributed by atoms with Crippen LogP contribution in [-0.4, -0.2) is 4.84 Å². The van der Waals surface area contributed by atoms with Crippen molar-refractivity contribution >= 4 is 41.3 Å². The second-order valence-corrected chi connectivity index (χ2v) is 4.07. The fraction of sp³-hybridized carbons (Fsp3) is 0.333. The third-order valence-corrected chi connectivity index (χ3v) is 1.98.